The van der Waals surface area contributed by atoms with Crippen molar-refractivity contribution in [3.8, 4) is 0 Å². The molecule has 3 rings (SSSR count). The fraction of sp³-hybridized carbons (Fsp3) is 0.650. The van der Waals surface area contributed by atoms with Crippen LogP contribution < -0.4 is 5.32 Å². The van der Waals surface area contributed by atoms with Crippen molar-refractivity contribution in [2.45, 2.75) is 57.0 Å². The van der Waals surface area contributed by atoms with E-state index in [4.69, 9.17) is 0 Å². The van der Waals surface area contributed by atoms with E-state index in [9.17, 15) is 9.90 Å². The molecule has 2 aliphatic rings. The van der Waals surface area contributed by atoms with E-state index in [1.54, 1.807) is 4.90 Å². The van der Waals surface area contributed by atoms with Crippen LogP contribution in [-0.4, -0.2) is 42.3 Å². The number of aliphatic hydroxyl groups excluding tert-OH is 1. The molecule has 1 aromatic rings. The molecule has 0 heterocycles. The Hall–Kier alpha value is -1.55. The predicted octanol–water partition coefficient (Wildman–Crippen LogP) is 3.25. The number of rotatable bonds is 4. The lowest BCUT2D eigenvalue weighted by Crippen LogP contribution is -2.45. The van der Waals surface area contributed by atoms with Crippen LogP contribution >= 0.6 is 0 Å². The van der Waals surface area contributed by atoms with E-state index in [0.29, 0.717) is 18.4 Å². The van der Waals surface area contributed by atoms with E-state index in [1.165, 1.54) is 11.1 Å². The van der Waals surface area contributed by atoms with Crippen molar-refractivity contribution >= 4 is 6.03 Å². The van der Waals surface area contributed by atoms with Crippen molar-refractivity contribution in [3.63, 3.8) is 0 Å². The van der Waals surface area contributed by atoms with E-state index in [0.717, 1.165) is 32.2 Å². The number of carbonyl (C=O) groups is 1. The Kier molecular flexibility index (Phi) is 4.86. The maximum absolute atomic E-state index is 12.3. The van der Waals surface area contributed by atoms with Gasteiger partial charge in [0.2, 0.25) is 0 Å². The van der Waals surface area contributed by atoms with Gasteiger partial charge in [0.25, 0.3) is 0 Å². The monoisotopic (exact) mass is 330 g/mol. The van der Waals surface area contributed by atoms with Crippen LogP contribution in [0.2, 0.25) is 0 Å². The molecular formula is C20H30N2O2. The molecule has 2 N–H and O–H groups in total. The van der Waals surface area contributed by atoms with Gasteiger partial charge in [-0.05, 0) is 48.1 Å². The highest BCUT2D eigenvalue weighted by Crippen LogP contribution is 2.42. The summed E-state index contributed by atoms with van der Waals surface area (Å²) < 4.78 is 0. The minimum absolute atomic E-state index is 0.00120. The molecule has 2 amide bonds. The van der Waals surface area contributed by atoms with E-state index in [1.807, 2.05) is 7.05 Å². The van der Waals surface area contributed by atoms with E-state index < -0.39 is 0 Å². The minimum atomic E-state index is -0.159. The van der Waals surface area contributed by atoms with Crippen molar-refractivity contribution in [1.82, 2.24) is 10.2 Å². The van der Waals surface area contributed by atoms with E-state index in [-0.39, 0.29) is 17.6 Å². The van der Waals surface area contributed by atoms with E-state index >= 15 is 0 Å². The fourth-order valence-electron chi connectivity index (χ4n) is 4.17. The van der Waals surface area contributed by atoms with Crippen LogP contribution in [0, 0.1) is 5.92 Å². The maximum Gasteiger partial charge on any atom is 0.317 e. The average Bonchev–Trinajstić information content (AvgIpc) is 2.52. The first-order valence-corrected chi connectivity index (χ1v) is 9.13. The Labute approximate surface area is 145 Å². The standard InChI is InChI=1S/C20H30N2O2/c1-20(2)9-8-15(17-6-4-5-7-18(17)20)12-21-19(24)22(3)13-14-10-16(23)11-14/h4-7,14-16,23H,8-13H2,1-3H3,(H,21,24)/t14?,15-,16?/m1/s1. The number of nitrogens with one attached hydrogen (secondary N) is 1. The highest BCUT2D eigenvalue weighted by Gasteiger charge is 2.33. The first-order chi connectivity index (χ1) is 11.4. The quantitative estimate of drug-likeness (QED) is 0.890. The highest BCUT2D eigenvalue weighted by atomic mass is 16.3. The van der Waals surface area contributed by atoms with Crippen molar-refractivity contribution in [1.29, 1.82) is 0 Å². The lowest BCUT2D eigenvalue weighted by molar-refractivity contribution is 0.0325. The smallest absolute Gasteiger partial charge is 0.317 e. The molecule has 4 nitrogen and oxygen atoms in total. The van der Waals surface area contributed by atoms with Crippen molar-refractivity contribution in [2.75, 3.05) is 20.1 Å². The Balaban J connectivity index is 1.56. The normalized spacial score (nSPS) is 27.8. The van der Waals surface area contributed by atoms with Gasteiger partial charge in [0.1, 0.15) is 0 Å². The number of nitrogens with zero attached hydrogens (tertiary/aromatic N) is 1. The zero-order valence-electron chi connectivity index (χ0n) is 15.1. The SMILES string of the molecule is CN(CC1CC(O)C1)C(=O)NC[C@H]1CCC(C)(C)c2ccccc21. The lowest BCUT2D eigenvalue weighted by atomic mass is 9.69. The third-order valence-corrected chi connectivity index (χ3v) is 5.84. The van der Waals surface area contributed by atoms with Gasteiger partial charge in [0.15, 0.2) is 0 Å². The molecular weight excluding hydrogens is 300 g/mol. The summed E-state index contributed by atoms with van der Waals surface area (Å²) in [4.78, 5) is 14.1. The Morgan fingerprint density at radius 1 is 1.33 bits per heavy atom. The molecule has 0 bridgehead atoms. The summed E-state index contributed by atoms with van der Waals surface area (Å²) in [5, 5.41) is 12.5. The van der Waals surface area contributed by atoms with Gasteiger partial charge in [0, 0.05) is 26.1 Å². The number of urea groups is 1. The summed E-state index contributed by atoms with van der Waals surface area (Å²) in [6, 6.07) is 8.66. The van der Waals surface area contributed by atoms with Crippen LogP contribution in [0.1, 0.15) is 56.6 Å². The molecule has 132 valence electrons. The van der Waals surface area contributed by atoms with Crippen molar-refractivity contribution < 1.29 is 9.90 Å². The van der Waals surface area contributed by atoms with Crippen LogP contribution in [-0.2, 0) is 5.41 Å². The average molecular weight is 330 g/mol. The van der Waals surface area contributed by atoms with Gasteiger partial charge in [0.05, 0.1) is 6.10 Å². The highest BCUT2D eigenvalue weighted by molar-refractivity contribution is 5.74. The molecule has 1 atom stereocenters. The molecule has 0 saturated heterocycles. The molecule has 1 saturated carbocycles. The molecule has 0 aliphatic heterocycles. The van der Waals surface area contributed by atoms with Crippen molar-refractivity contribution in [2.24, 2.45) is 5.92 Å². The van der Waals surface area contributed by atoms with Crippen LogP contribution in [0.3, 0.4) is 0 Å². The van der Waals surface area contributed by atoms with Gasteiger partial charge in [-0.3, -0.25) is 0 Å². The summed E-state index contributed by atoms with van der Waals surface area (Å²) in [6.07, 6.45) is 3.75. The zero-order valence-corrected chi connectivity index (χ0v) is 15.1. The van der Waals surface area contributed by atoms with E-state index in [2.05, 4.69) is 43.4 Å². The van der Waals surface area contributed by atoms with Crippen LogP contribution in [0.4, 0.5) is 4.79 Å². The zero-order chi connectivity index (χ0) is 17.3. The van der Waals surface area contributed by atoms with Gasteiger partial charge in [-0.1, -0.05) is 38.1 Å². The Bertz CT molecular complexity index is 593. The third-order valence-electron chi connectivity index (χ3n) is 5.84. The van der Waals surface area contributed by atoms with Gasteiger partial charge in [-0.2, -0.15) is 0 Å². The van der Waals surface area contributed by atoms with Gasteiger partial charge in [-0.25, -0.2) is 4.79 Å². The second kappa shape index (κ2) is 6.75. The van der Waals surface area contributed by atoms with Gasteiger partial charge >= 0.3 is 6.03 Å². The molecule has 2 aliphatic carbocycles. The summed E-state index contributed by atoms with van der Waals surface area (Å²) in [6.45, 7) is 6.05. The molecule has 0 aromatic heterocycles. The second-order valence-electron chi connectivity index (χ2n) is 8.26. The number of aliphatic hydroxyl groups is 1. The molecule has 4 heteroatoms. The van der Waals surface area contributed by atoms with Crippen molar-refractivity contribution in [3.05, 3.63) is 35.4 Å². The number of hydrogen-bond donors (Lipinski definition) is 2. The third kappa shape index (κ3) is 3.59. The Morgan fingerprint density at radius 2 is 2.04 bits per heavy atom. The van der Waals surface area contributed by atoms with Crippen LogP contribution in [0.5, 0.6) is 0 Å². The number of benzene rings is 1. The van der Waals surface area contributed by atoms with Crippen LogP contribution in [0.15, 0.2) is 24.3 Å². The first kappa shape index (κ1) is 17.3. The number of fused-ring (bicyclic) bond motifs is 1. The molecule has 1 fully saturated rings. The number of carbonyl (C=O) groups excluding carboxylic acids is 1. The van der Waals surface area contributed by atoms with Crippen LogP contribution in [0.25, 0.3) is 0 Å². The lowest BCUT2D eigenvalue weighted by Gasteiger charge is -2.37. The predicted molar refractivity (Wildman–Crippen MR) is 96.2 cm³/mol. The second-order valence-corrected chi connectivity index (χ2v) is 8.26. The summed E-state index contributed by atoms with van der Waals surface area (Å²) in [7, 11) is 1.85. The minimum Gasteiger partial charge on any atom is -0.393 e. The number of amides is 2. The van der Waals surface area contributed by atoms with Gasteiger partial charge < -0.3 is 15.3 Å². The molecule has 0 spiro atoms. The molecule has 1 aromatic carbocycles. The Morgan fingerprint density at radius 3 is 2.75 bits per heavy atom. The topological polar surface area (TPSA) is 52.6 Å². The summed E-state index contributed by atoms with van der Waals surface area (Å²) in [5.74, 6) is 0.851. The summed E-state index contributed by atoms with van der Waals surface area (Å²) >= 11 is 0. The largest absolute Gasteiger partial charge is 0.393 e. The van der Waals surface area contributed by atoms with Gasteiger partial charge in [-0.15, -0.1) is 0 Å². The number of hydrogen-bond acceptors (Lipinski definition) is 2. The molecule has 0 unspecified atom stereocenters. The molecule has 24 heavy (non-hydrogen) atoms. The first-order valence-electron chi connectivity index (χ1n) is 9.13. The fourth-order valence-corrected chi connectivity index (χ4v) is 4.17. The molecule has 0 radical (unpaired) electrons. The summed E-state index contributed by atoms with van der Waals surface area (Å²) in [5.41, 5.74) is 3.03. The maximum atomic E-state index is 12.3.